The summed E-state index contributed by atoms with van der Waals surface area (Å²) in [6, 6.07) is 3.64. The van der Waals surface area contributed by atoms with E-state index < -0.39 is 0 Å². The number of anilines is 1. The van der Waals surface area contributed by atoms with Crippen molar-refractivity contribution in [2.75, 3.05) is 25.1 Å². The Hall–Kier alpha value is -2.80. The number of hydrogen-bond acceptors (Lipinski definition) is 6. The molecule has 3 rings (SSSR count). The van der Waals surface area contributed by atoms with E-state index in [1.165, 1.54) is 0 Å². The molecule has 1 saturated heterocycles. The first-order valence-electron chi connectivity index (χ1n) is 6.54. The highest BCUT2D eigenvalue weighted by atomic mass is 16.5. The smallest absolute Gasteiger partial charge is 0.231 e. The van der Waals surface area contributed by atoms with E-state index in [-0.39, 0.29) is 6.54 Å². The third kappa shape index (κ3) is 2.46. The fraction of sp³-hybridized carbons (Fsp3) is 0.417. The van der Waals surface area contributed by atoms with E-state index in [0.717, 1.165) is 31.1 Å². The van der Waals surface area contributed by atoms with E-state index in [4.69, 9.17) is 10.3 Å². The molecule has 0 unspecified atom stereocenters. The Kier molecular flexibility index (Phi) is 3.57. The molecule has 2 aromatic rings. The molecule has 3 heterocycles. The molecule has 0 amide bonds. The van der Waals surface area contributed by atoms with Gasteiger partial charge in [0.25, 0.3) is 0 Å². The molecule has 2 aromatic heterocycles. The lowest BCUT2D eigenvalue weighted by Gasteiger charge is -2.31. The first-order chi connectivity index (χ1) is 10.3. The van der Waals surface area contributed by atoms with Gasteiger partial charge in [0.2, 0.25) is 11.8 Å². The van der Waals surface area contributed by atoms with Crippen LogP contribution in [-0.4, -0.2) is 39.9 Å². The van der Waals surface area contributed by atoms with Crippen LogP contribution in [0.3, 0.4) is 0 Å². The van der Waals surface area contributed by atoms with Gasteiger partial charge in [0.05, 0.1) is 25.5 Å². The van der Waals surface area contributed by atoms with Crippen molar-refractivity contribution >= 4 is 5.95 Å². The van der Waals surface area contributed by atoms with Crippen LogP contribution in [0.5, 0.6) is 5.88 Å². The van der Waals surface area contributed by atoms with Gasteiger partial charge in [-0.25, -0.2) is 4.98 Å². The third-order valence-corrected chi connectivity index (χ3v) is 3.32. The number of ether oxygens (including phenoxy) is 1. The highest BCUT2D eigenvalue weighted by Gasteiger charge is 2.23. The van der Waals surface area contributed by atoms with E-state index in [0.29, 0.717) is 11.7 Å². The van der Waals surface area contributed by atoms with Crippen LogP contribution in [0.25, 0.3) is 16.1 Å². The van der Waals surface area contributed by atoms with Crippen molar-refractivity contribution in [3.05, 3.63) is 34.6 Å². The Morgan fingerprint density at radius 3 is 2.81 bits per heavy atom. The summed E-state index contributed by atoms with van der Waals surface area (Å²) in [6.45, 7) is 2.04. The molecule has 0 atom stereocenters. The Morgan fingerprint density at radius 2 is 2.24 bits per heavy atom. The molecular formula is C12H14N8O. The van der Waals surface area contributed by atoms with Gasteiger partial charge in [-0.1, -0.05) is 5.11 Å². The molecule has 21 heavy (non-hydrogen) atoms. The second-order valence-electron chi connectivity index (χ2n) is 4.54. The molecule has 9 heteroatoms. The summed E-state index contributed by atoms with van der Waals surface area (Å²) in [6.07, 6.45) is 2.82. The zero-order valence-electron chi connectivity index (χ0n) is 11.5. The highest BCUT2D eigenvalue weighted by molar-refractivity contribution is 5.45. The van der Waals surface area contributed by atoms with Crippen LogP contribution in [-0.2, 0) is 6.54 Å². The zero-order valence-corrected chi connectivity index (χ0v) is 11.5. The Labute approximate surface area is 120 Å². The van der Waals surface area contributed by atoms with Gasteiger partial charge in [0, 0.05) is 24.1 Å². The van der Waals surface area contributed by atoms with Gasteiger partial charge >= 0.3 is 0 Å². The van der Waals surface area contributed by atoms with Gasteiger partial charge in [-0.05, 0) is 18.0 Å². The lowest BCUT2D eigenvalue weighted by molar-refractivity contribution is 0.398. The summed E-state index contributed by atoms with van der Waals surface area (Å²) in [7, 11) is 1.57. The van der Waals surface area contributed by atoms with Gasteiger partial charge in [-0.3, -0.25) is 4.57 Å². The summed E-state index contributed by atoms with van der Waals surface area (Å²) < 4.78 is 6.92. The van der Waals surface area contributed by atoms with Crippen LogP contribution < -0.4 is 9.64 Å². The standard InChI is InChI=1S/C12H14N8O/c1-21-11-4-3-9(7-14-11)20-10(8-15-18-13)16-17-12(20)19-5-2-6-19/h3-4,7H,2,5-6,8H2,1H3. The number of azide groups is 1. The van der Waals surface area contributed by atoms with Crippen molar-refractivity contribution < 1.29 is 4.74 Å². The van der Waals surface area contributed by atoms with E-state index in [1.807, 2.05) is 10.6 Å². The summed E-state index contributed by atoms with van der Waals surface area (Å²) in [5.41, 5.74) is 9.30. The maximum atomic E-state index is 8.49. The molecule has 1 aliphatic rings. The number of rotatable bonds is 5. The van der Waals surface area contributed by atoms with Gasteiger partial charge < -0.3 is 9.64 Å². The minimum atomic E-state index is 0.142. The summed E-state index contributed by atoms with van der Waals surface area (Å²) in [5.74, 6) is 1.87. The van der Waals surface area contributed by atoms with Gasteiger partial charge in [-0.2, -0.15) is 0 Å². The molecule has 0 bridgehead atoms. The summed E-state index contributed by atoms with van der Waals surface area (Å²) in [5, 5.41) is 11.9. The topological polar surface area (TPSA) is 105 Å². The monoisotopic (exact) mass is 286 g/mol. The van der Waals surface area contributed by atoms with Gasteiger partial charge in [-0.15, -0.1) is 10.2 Å². The molecule has 9 nitrogen and oxygen atoms in total. The quantitative estimate of drug-likeness (QED) is 0.472. The molecule has 1 fully saturated rings. The second-order valence-corrected chi connectivity index (χ2v) is 4.54. The molecule has 0 spiro atoms. The predicted molar refractivity (Wildman–Crippen MR) is 75.4 cm³/mol. The molecule has 1 aliphatic heterocycles. The maximum Gasteiger partial charge on any atom is 0.231 e. The Balaban J connectivity index is 2.02. The van der Waals surface area contributed by atoms with Crippen LogP contribution >= 0.6 is 0 Å². The molecular weight excluding hydrogens is 272 g/mol. The summed E-state index contributed by atoms with van der Waals surface area (Å²) in [4.78, 5) is 9.10. The molecule has 0 saturated carbocycles. The van der Waals surface area contributed by atoms with Crippen LogP contribution in [0.2, 0.25) is 0 Å². The first kappa shape index (κ1) is 13.2. The number of nitrogens with zero attached hydrogens (tertiary/aromatic N) is 8. The largest absolute Gasteiger partial charge is 0.481 e. The zero-order chi connectivity index (χ0) is 14.7. The number of pyridine rings is 1. The normalized spacial score (nSPS) is 13.5. The minimum absolute atomic E-state index is 0.142. The van der Waals surface area contributed by atoms with Crippen molar-refractivity contribution in [3.63, 3.8) is 0 Å². The Morgan fingerprint density at radius 1 is 1.38 bits per heavy atom. The molecule has 0 aromatic carbocycles. The molecule has 0 radical (unpaired) electrons. The maximum absolute atomic E-state index is 8.49. The van der Waals surface area contributed by atoms with Crippen molar-refractivity contribution in [1.29, 1.82) is 0 Å². The molecule has 0 aliphatic carbocycles. The average Bonchev–Trinajstić information content (AvgIpc) is 2.87. The van der Waals surface area contributed by atoms with E-state index in [2.05, 4.69) is 30.1 Å². The Bertz CT molecular complexity index is 669. The third-order valence-electron chi connectivity index (χ3n) is 3.32. The highest BCUT2D eigenvalue weighted by Crippen LogP contribution is 2.24. The van der Waals surface area contributed by atoms with E-state index >= 15 is 0 Å². The minimum Gasteiger partial charge on any atom is -0.481 e. The lowest BCUT2D eigenvalue weighted by atomic mass is 10.2. The van der Waals surface area contributed by atoms with Crippen LogP contribution in [0.1, 0.15) is 12.2 Å². The fourth-order valence-corrected chi connectivity index (χ4v) is 2.12. The van der Waals surface area contributed by atoms with E-state index in [1.54, 1.807) is 19.4 Å². The second kappa shape index (κ2) is 5.68. The summed E-state index contributed by atoms with van der Waals surface area (Å²) >= 11 is 0. The SMILES string of the molecule is COc1ccc(-n2c(CN=[N+]=[N-])nnc2N2CCC2)cn1. The van der Waals surface area contributed by atoms with Gasteiger partial charge in [0.1, 0.15) is 5.82 Å². The van der Waals surface area contributed by atoms with Crippen LogP contribution in [0, 0.1) is 0 Å². The number of aromatic nitrogens is 4. The number of hydrogen-bond donors (Lipinski definition) is 0. The van der Waals surface area contributed by atoms with Gasteiger partial charge in [0.15, 0.2) is 0 Å². The fourth-order valence-electron chi connectivity index (χ4n) is 2.12. The average molecular weight is 286 g/mol. The molecule has 0 N–H and O–H groups in total. The van der Waals surface area contributed by atoms with Crippen molar-refractivity contribution in [2.45, 2.75) is 13.0 Å². The first-order valence-corrected chi connectivity index (χ1v) is 6.54. The number of methoxy groups -OCH3 is 1. The lowest BCUT2D eigenvalue weighted by Crippen LogP contribution is -2.39. The predicted octanol–water partition coefficient (Wildman–Crippen LogP) is 1.69. The molecule has 108 valence electrons. The van der Waals surface area contributed by atoms with Crippen molar-refractivity contribution in [3.8, 4) is 11.6 Å². The van der Waals surface area contributed by atoms with Crippen LogP contribution in [0.15, 0.2) is 23.4 Å². The van der Waals surface area contributed by atoms with Crippen molar-refractivity contribution in [2.24, 2.45) is 5.11 Å². The van der Waals surface area contributed by atoms with Crippen LogP contribution in [0.4, 0.5) is 5.95 Å². The van der Waals surface area contributed by atoms with E-state index in [9.17, 15) is 0 Å². The van der Waals surface area contributed by atoms with Crippen molar-refractivity contribution in [1.82, 2.24) is 19.7 Å².